The predicted octanol–water partition coefficient (Wildman–Crippen LogP) is 3.44. The van der Waals surface area contributed by atoms with Crippen molar-refractivity contribution >= 4 is 17.6 Å². The van der Waals surface area contributed by atoms with Crippen molar-refractivity contribution in [3.05, 3.63) is 75.1 Å². The van der Waals surface area contributed by atoms with Crippen LogP contribution in [0.25, 0.3) is 0 Å². The summed E-state index contributed by atoms with van der Waals surface area (Å²) in [5.41, 5.74) is -0.195. The molecule has 0 saturated heterocycles. The molecule has 0 heterocycles. The van der Waals surface area contributed by atoms with Crippen molar-refractivity contribution in [3.63, 3.8) is 0 Å². The van der Waals surface area contributed by atoms with Crippen LogP contribution in [0.15, 0.2) is 42.5 Å². The Morgan fingerprint density at radius 1 is 1.08 bits per heavy atom. The predicted molar refractivity (Wildman–Crippen MR) is 84.7 cm³/mol. The third kappa shape index (κ3) is 4.37. The number of non-ortho nitro benzene ring substituents is 1. The van der Waals surface area contributed by atoms with Crippen LogP contribution in [0.5, 0.6) is 0 Å². The topological polar surface area (TPSA) is 95.7 Å². The SMILES string of the molecule is COC(=O)c1cc(C(=O)O[C@H](C)c2ccc(F)cc2)cc([N+](=O)[O-])c1. The molecule has 0 N–H and O–H groups in total. The number of nitro benzene ring substituents is 1. The zero-order chi connectivity index (χ0) is 18.6. The van der Waals surface area contributed by atoms with Crippen molar-refractivity contribution in [3.8, 4) is 0 Å². The minimum Gasteiger partial charge on any atom is -0.465 e. The maximum atomic E-state index is 12.9. The van der Waals surface area contributed by atoms with Gasteiger partial charge in [-0.1, -0.05) is 12.1 Å². The van der Waals surface area contributed by atoms with Crippen LogP contribution >= 0.6 is 0 Å². The molecule has 0 unspecified atom stereocenters. The number of nitrogens with zero attached hydrogens (tertiary/aromatic N) is 1. The minimum absolute atomic E-state index is 0.141. The van der Waals surface area contributed by atoms with Gasteiger partial charge in [-0.05, 0) is 30.7 Å². The van der Waals surface area contributed by atoms with Crippen molar-refractivity contribution < 1.29 is 28.4 Å². The number of carbonyl (C=O) groups is 2. The lowest BCUT2D eigenvalue weighted by Crippen LogP contribution is -2.11. The van der Waals surface area contributed by atoms with Gasteiger partial charge in [0.15, 0.2) is 0 Å². The molecule has 0 radical (unpaired) electrons. The summed E-state index contributed by atoms with van der Waals surface area (Å²) in [4.78, 5) is 34.1. The molecule has 0 aliphatic carbocycles. The van der Waals surface area contributed by atoms with Crippen molar-refractivity contribution in [1.82, 2.24) is 0 Å². The zero-order valence-corrected chi connectivity index (χ0v) is 13.4. The van der Waals surface area contributed by atoms with E-state index in [1.165, 1.54) is 24.3 Å². The molecule has 2 rings (SSSR count). The molecule has 130 valence electrons. The van der Waals surface area contributed by atoms with E-state index >= 15 is 0 Å². The van der Waals surface area contributed by atoms with Crippen LogP contribution in [-0.4, -0.2) is 24.0 Å². The molecule has 0 saturated carbocycles. The molecule has 0 fully saturated rings. The molecule has 0 aliphatic rings. The van der Waals surface area contributed by atoms with Crippen LogP contribution in [0, 0.1) is 15.9 Å². The zero-order valence-electron chi connectivity index (χ0n) is 13.4. The van der Waals surface area contributed by atoms with Crippen molar-refractivity contribution in [2.45, 2.75) is 13.0 Å². The van der Waals surface area contributed by atoms with Crippen molar-refractivity contribution in [2.24, 2.45) is 0 Å². The summed E-state index contributed by atoms with van der Waals surface area (Å²) < 4.78 is 22.7. The molecule has 2 aromatic carbocycles. The Bertz CT molecular complexity index is 818. The van der Waals surface area contributed by atoms with E-state index in [0.29, 0.717) is 5.56 Å². The van der Waals surface area contributed by atoms with E-state index in [0.717, 1.165) is 25.3 Å². The van der Waals surface area contributed by atoms with E-state index < -0.39 is 34.5 Å². The van der Waals surface area contributed by atoms with E-state index in [2.05, 4.69) is 4.74 Å². The lowest BCUT2D eigenvalue weighted by Gasteiger charge is -2.14. The second-order valence-electron chi connectivity index (χ2n) is 5.12. The lowest BCUT2D eigenvalue weighted by molar-refractivity contribution is -0.384. The minimum atomic E-state index is -0.856. The first kappa shape index (κ1) is 18.1. The Morgan fingerprint density at radius 2 is 1.64 bits per heavy atom. The van der Waals surface area contributed by atoms with Crippen molar-refractivity contribution in [1.29, 1.82) is 0 Å². The number of carbonyl (C=O) groups excluding carboxylic acids is 2. The van der Waals surface area contributed by atoms with E-state index in [-0.39, 0.29) is 11.1 Å². The molecule has 0 spiro atoms. The third-order valence-corrected chi connectivity index (χ3v) is 3.41. The molecule has 0 amide bonds. The number of benzene rings is 2. The summed E-state index contributed by atoms with van der Waals surface area (Å²) in [7, 11) is 1.12. The molecule has 0 aromatic heterocycles. The molecular formula is C17H14FNO6. The summed E-state index contributed by atoms with van der Waals surface area (Å²) in [5, 5.41) is 11.0. The first-order valence-electron chi connectivity index (χ1n) is 7.16. The number of esters is 2. The van der Waals surface area contributed by atoms with Crippen molar-refractivity contribution in [2.75, 3.05) is 7.11 Å². The lowest BCUT2D eigenvalue weighted by atomic mass is 10.1. The number of hydrogen-bond donors (Lipinski definition) is 0. The summed E-state index contributed by atoms with van der Waals surface area (Å²) in [6.07, 6.45) is -0.714. The average Bonchev–Trinajstić information content (AvgIpc) is 2.60. The van der Waals surface area contributed by atoms with Gasteiger partial charge in [0.25, 0.3) is 5.69 Å². The van der Waals surface area contributed by atoms with Crippen LogP contribution < -0.4 is 0 Å². The molecule has 2 aromatic rings. The number of ether oxygens (including phenoxy) is 2. The van der Waals surface area contributed by atoms with Gasteiger partial charge < -0.3 is 9.47 Å². The molecule has 1 atom stereocenters. The number of rotatable bonds is 5. The normalized spacial score (nSPS) is 11.5. The van der Waals surface area contributed by atoms with Gasteiger partial charge >= 0.3 is 11.9 Å². The van der Waals surface area contributed by atoms with Crippen LogP contribution in [-0.2, 0) is 9.47 Å². The van der Waals surface area contributed by atoms with Crippen LogP contribution in [0.2, 0.25) is 0 Å². The fourth-order valence-corrected chi connectivity index (χ4v) is 2.10. The standard InChI is InChI=1S/C17H14FNO6/c1-10(11-3-5-14(18)6-4-11)25-17(21)13-7-12(16(20)24-2)8-15(9-13)19(22)23/h3-10H,1-2H3/t10-/m1/s1. The Morgan fingerprint density at radius 3 is 2.16 bits per heavy atom. The summed E-state index contributed by atoms with van der Waals surface area (Å²) >= 11 is 0. The van der Waals surface area contributed by atoms with Gasteiger partial charge in [0.1, 0.15) is 11.9 Å². The number of halogens is 1. The highest BCUT2D eigenvalue weighted by Gasteiger charge is 2.21. The largest absolute Gasteiger partial charge is 0.465 e. The maximum absolute atomic E-state index is 12.9. The van der Waals surface area contributed by atoms with Gasteiger partial charge in [-0.25, -0.2) is 14.0 Å². The second-order valence-corrected chi connectivity index (χ2v) is 5.12. The van der Waals surface area contributed by atoms with Crippen LogP contribution in [0.1, 0.15) is 39.3 Å². The van der Waals surface area contributed by atoms with E-state index in [1.54, 1.807) is 6.92 Å². The maximum Gasteiger partial charge on any atom is 0.339 e. The van der Waals surface area contributed by atoms with Gasteiger partial charge in [0, 0.05) is 12.1 Å². The Balaban J connectivity index is 2.28. The van der Waals surface area contributed by atoms with Gasteiger partial charge in [-0.15, -0.1) is 0 Å². The third-order valence-electron chi connectivity index (χ3n) is 3.41. The molecule has 7 nitrogen and oxygen atoms in total. The highest BCUT2D eigenvalue weighted by Crippen LogP contribution is 2.22. The van der Waals surface area contributed by atoms with E-state index in [9.17, 15) is 24.1 Å². The van der Waals surface area contributed by atoms with Crippen LogP contribution in [0.4, 0.5) is 10.1 Å². The molecule has 25 heavy (non-hydrogen) atoms. The van der Waals surface area contributed by atoms with Crippen LogP contribution in [0.3, 0.4) is 0 Å². The second kappa shape index (κ2) is 7.52. The average molecular weight is 347 g/mol. The quantitative estimate of drug-likeness (QED) is 0.467. The Labute approximate surface area is 142 Å². The molecule has 0 bridgehead atoms. The number of methoxy groups -OCH3 is 1. The van der Waals surface area contributed by atoms with E-state index in [4.69, 9.17) is 4.74 Å². The van der Waals surface area contributed by atoms with Gasteiger partial charge in [0.2, 0.25) is 0 Å². The summed E-state index contributed by atoms with van der Waals surface area (Å²) in [6, 6.07) is 8.53. The summed E-state index contributed by atoms with van der Waals surface area (Å²) in [6.45, 7) is 1.57. The smallest absolute Gasteiger partial charge is 0.339 e. The molecule has 0 aliphatic heterocycles. The monoisotopic (exact) mass is 347 g/mol. The summed E-state index contributed by atoms with van der Waals surface area (Å²) in [5.74, 6) is -2.10. The first-order valence-corrected chi connectivity index (χ1v) is 7.16. The Hall–Kier alpha value is -3.29. The van der Waals surface area contributed by atoms with Gasteiger partial charge in [-0.3, -0.25) is 10.1 Å². The van der Waals surface area contributed by atoms with Gasteiger partial charge in [-0.2, -0.15) is 0 Å². The number of nitro groups is 1. The molecular weight excluding hydrogens is 333 g/mol. The Kier molecular flexibility index (Phi) is 5.43. The van der Waals surface area contributed by atoms with Gasteiger partial charge in [0.05, 0.1) is 23.2 Å². The molecule has 8 heteroatoms. The highest BCUT2D eigenvalue weighted by molar-refractivity contribution is 5.96. The fourth-order valence-electron chi connectivity index (χ4n) is 2.10. The first-order chi connectivity index (χ1) is 11.8. The fraction of sp³-hybridized carbons (Fsp3) is 0.176. The highest BCUT2D eigenvalue weighted by atomic mass is 19.1. The number of hydrogen-bond acceptors (Lipinski definition) is 6. The van der Waals surface area contributed by atoms with E-state index in [1.807, 2.05) is 0 Å².